The van der Waals surface area contributed by atoms with E-state index in [-0.39, 0.29) is 11.5 Å². The Hall–Kier alpha value is -2.83. The Morgan fingerprint density at radius 1 is 1.30 bits per heavy atom. The smallest absolute Gasteiger partial charge is 0.374 e. The van der Waals surface area contributed by atoms with Gasteiger partial charge >= 0.3 is 5.97 Å². The number of ether oxygens (including phenoxy) is 1. The summed E-state index contributed by atoms with van der Waals surface area (Å²) in [6.45, 7) is 0.734. The average Bonchev–Trinajstić information content (AvgIpc) is 2.96. The number of nitrogens with zero attached hydrogens (tertiary/aromatic N) is 2. The highest BCUT2D eigenvalue weighted by atomic mass is 16.5. The number of aromatic carboxylic acids is 1. The molecule has 1 amide bonds. The molecule has 1 aliphatic rings. The molecule has 0 aliphatic carbocycles. The molecule has 1 N–H and O–H groups in total. The molecule has 0 atom stereocenters. The molecule has 1 aliphatic heterocycles. The average molecular weight is 274 g/mol. The zero-order chi connectivity index (χ0) is 14.1. The molecule has 7 heteroatoms. The third-order valence-corrected chi connectivity index (χ3v) is 2.91. The fourth-order valence-electron chi connectivity index (χ4n) is 2.00. The van der Waals surface area contributed by atoms with Crippen molar-refractivity contribution in [1.82, 2.24) is 5.16 Å². The summed E-state index contributed by atoms with van der Waals surface area (Å²) < 4.78 is 10.0. The summed E-state index contributed by atoms with van der Waals surface area (Å²) in [5.74, 6) is -1.44. The minimum absolute atomic E-state index is 0.0425. The van der Waals surface area contributed by atoms with Crippen LogP contribution in [0.25, 0.3) is 0 Å². The summed E-state index contributed by atoms with van der Waals surface area (Å²) in [6.07, 6.45) is 0. The van der Waals surface area contributed by atoms with E-state index >= 15 is 0 Å². The van der Waals surface area contributed by atoms with Crippen LogP contribution in [0.1, 0.15) is 21.0 Å². The van der Waals surface area contributed by atoms with Crippen LogP contribution in [-0.4, -0.2) is 35.3 Å². The Morgan fingerprint density at radius 2 is 2.10 bits per heavy atom. The first-order valence-electron chi connectivity index (χ1n) is 5.90. The van der Waals surface area contributed by atoms with Crippen LogP contribution in [0, 0.1) is 0 Å². The zero-order valence-electron chi connectivity index (χ0n) is 10.3. The van der Waals surface area contributed by atoms with Gasteiger partial charge in [0.15, 0.2) is 5.69 Å². The molecule has 0 saturated heterocycles. The standard InChI is InChI=1S/C13H10N2O5/c16-12(8-7-11(13(17)18)20-14-8)15-5-6-19-10-4-2-1-3-9(10)15/h1-4,7H,5-6H2,(H,17,18). The maximum atomic E-state index is 12.4. The van der Waals surface area contributed by atoms with Crippen molar-refractivity contribution in [2.24, 2.45) is 0 Å². The summed E-state index contributed by atoms with van der Waals surface area (Å²) in [4.78, 5) is 24.6. The quantitative estimate of drug-likeness (QED) is 0.890. The molecule has 2 heterocycles. The number of fused-ring (bicyclic) bond motifs is 1. The number of carboxylic acid groups (broad SMARTS) is 1. The molecule has 0 radical (unpaired) electrons. The molecule has 102 valence electrons. The van der Waals surface area contributed by atoms with Crippen LogP contribution in [0.15, 0.2) is 34.9 Å². The van der Waals surface area contributed by atoms with Gasteiger partial charge in [-0.2, -0.15) is 0 Å². The van der Waals surface area contributed by atoms with E-state index in [0.29, 0.717) is 24.6 Å². The van der Waals surface area contributed by atoms with E-state index in [1.807, 2.05) is 6.07 Å². The topological polar surface area (TPSA) is 92.9 Å². The molecule has 2 aromatic rings. The van der Waals surface area contributed by atoms with Crippen LogP contribution in [0.4, 0.5) is 5.69 Å². The van der Waals surface area contributed by atoms with Crippen LogP contribution in [0.2, 0.25) is 0 Å². The van der Waals surface area contributed by atoms with Gasteiger partial charge in [0.1, 0.15) is 12.4 Å². The number of carbonyl (C=O) groups is 2. The van der Waals surface area contributed by atoms with Gasteiger partial charge in [-0.05, 0) is 12.1 Å². The van der Waals surface area contributed by atoms with Crippen LogP contribution >= 0.6 is 0 Å². The second-order valence-corrected chi connectivity index (χ2v) is 4.15. The van der Waals surface area contributed by atoms with E-state index in [4.69, 9.17) is 9.84 Å². The lowest BCUT2D eigenvalue weighted by Gasteiger charge is -2.28. The van der Waals surface area contributed by atoms with Gasteiger partial charge in [0.2, 0.25) is 5.76 Å². The van der Waals surface area contributed by atoms with Gasteiger partial charge in [-0.1, -0.05) is 17.3 Å². The van der Waals surface area contributed by atoms with E-state index in [9.17, 15) is 9.59 Å². The van der Waals surface area contributed by atoms with Gasteiger partial charge in [-0.25, -0.2) is 4.79 Å². The van der Waals surface area contributed by atoms with Crippen LogP contribution < -0.4 is 9.64 Å². The number of amides is 1. The zero-order valence-corrected chi connectivity index (χ0v) is 10.3. The number of aromatic nitrogens is 1. The van der Waals surface area contributed by atoms with Crippen molar-refractivity contribution in [2.75, 3.05) is 18.1 Å². The number of para-hydroxylation sites is 2. The lowest BCUT2D eigenvalue weighted by atomic mass is 10.2. The van der Waals surface area contributed by atoms with Crippen LogP contribution in [-0.2, 0) is 0 Å². The van der Waals surface area contributed by atoms with E-state index in [0.717, 1.165) is 6.07 Å². The molecule has 0 saturated carbocycles. The fourth-order valence-corrected chi connectivity index (χ4v) is 2.00. The second kappa shape index (κ2) is 4.69. The normalized spacial score (nSPS) is 13.5. The molecule has 3 rings (SSSR count). The SMILES string of the molecule is O=C(O)c1cc(C(=O)N2CCOc3ccccc32)no1. The summed E-state index contributed by atoms with van der Waals surface area (Å²) >= 11 is 0. The predicted molar refractivity (Wildman–Crippen MR) is 67.1 cm³/mol. The monoisotopic (exact) mass is 274 g/mol. The molecule has 0 fully saturated rings. The molecule has 0 spiro atoms. The lowest BCUT2D eigenvalue weighted by molar-refractivity contribution is 0.0651. The molecule has 1 aromatic carbocycles. The van der Waals surface area contributed by atoms with Crippen molar-refractivity contribution < 1.29 is 24.0 Å². The third kappa shape index (κ3) is 1.99. The maximum Gasteiger partial charge on any atom is 0.374 e. The number of carboxylic acids is 1. The number of anilines is 1. The molecule has 20 heavy (non-hydrogen) atoms. The van der Waals surface area contributed by atoms with Crippen molar-refractivity contribution in [2.45, 2.75) is 0 Å². The Bertz CT molecular complexity index is 679. The van der Waals surface area contributed by atoms with Gasteiger partial charge in [-0.15, -0.1) is 0 Å². The van der Waals surface area contributed by atoms with E-state index < -0.39 is 11.9 Å². The van der Waals surface area contributed by atoms with Gasteiger partial charge < -0.3 is 14.4 Å². The van der Waals surface area contributed by atoms with E-state index in [1.54, 1.807) is 18.2 Å². The van der Waals surface area contributed by atoms with Gasteiger partial charge in [-0.3, -0.25) is 9.69 Å². The fraction of sp³-hybridized carbons (Fsp3) is 0.154. The maximum absolute atomic E-state index is 12.4. The summed E-state index contributed by atoms with van der Waals surface area (Å²) in [5.41, 5.74) is 0.586. The highest BCUT2D eigenvalue weighted by Crippen LogP contribution is 2.31. The number of hydrogen-bond donors (Lipinski definition) is 1. The van der Waals surface area contributed by atoms with Crippen LogP contribution in [0.5, 0.6) is 5.75 Å². The molecular weight excluding hydrogens is 264 g/mol. The second-order valence-electron chi connectivity index (χ2n) is 4.15. The van der Waals surface area contributed by atoms with Crippen molar-refractivity contribution >= 4 is 17.6 Å². The van der Waals surface area contributed by atoms with Crippen LogP contribution in [0.3, 0.4) is 0 Å². The number of rotatable bonds is 2. The largest absolute Gasteiger partial charge is 0.490 e. The lowest BCUT2D eigenvalue weighted by Crippen LogP contribution is -2.38. The molecule has 7 nitrogen and oxygen atoms in total. The first-order valence-corrected chi connectivity index (χ1v) is 5.90. The number of hydrogen-bond acceptors (Lipinski definition) is 5. The van der Waals surface area contributed by atoms with Gasteiger partial charge in [0.25, 0.3) is 5.91 Å². The van der Waals surface area contributed by atoms with Gasteiger partial charge in [0, 0.05) is 6.07 Å². The Morgan fingerprint density at radius 3 is 2.85 bits per heavy atom. The minimum atomic E-state index is -1.26. The Balaban J connectivity index is 1.93. The Kier molecular flexibility index (Phi) is 2.86. The Labute approximate surface area is 113 Å². The molecular formula is C13H10N2O5. The highest BCUT2D eigenvalue weighted by Gasteiger charge is 2.27. The first-order chi connectivity index (χ1) is 9.66. The van der Waals surface area contributed by atoms with E-state index in [1.165, 1.54) is 4.90 Å². The van der Waals surface area contributed by atoms with Gasteiger partial charge in [0.05, 0.1) is 12.2 Å². The molecule has 0 unspecified atom stereocenters. The molecule has 1 aromatic heterocycles. The van der Waals surface area contributed by atoms with Crippen molar-refractivity contribution in [3.63, 3.8) is 0 Å². The van der Waals surface area contributed by atoms with Crippen molar-refractivity contribution in [1.29, 1.82) is 0 Å². The predicted octanol–water partition coefficient (Wildman–Crippen LogP) is 1.41. The number of benzene rings is 1. The summed E-state index contributed by atoms with van der Waals surface area (Å²) in [5, 5.41) is 12.3. The molecule has 0 bridgehead atoms. The third-order valence-electron chi connectivity index (χ3n) is 2.91. The van der Waals surface area contributed by atoms with E-state index in [2.05, 4.69) is 9.68 Å². The highest BCUT2D eigenvalue weighted by molar-refractivity contribution is 6.06. The summed E-state index contributed by atoms with van der Waals surface area (Å²) in [6, 6.07) is 8.23. The van der Waals surface area contributed by atoms with Crippen molar-refractivity contribution in [3.05, 3.63) is 41.8 Å². The van der Waals surface area contributed by atoms with Crippen molar-refractivity contribution in [3.8, 4) is 5.75 Å². The first kappa shape index (κ1) is 12.2. The number of carbonyl (C=O) groups excluding carboxylic acids is 1. The minimum Gasteiger partial charge on any atom is -0.490 e. The summed E-state index contributed by atoms with van der Waals surface area (Å²) in [7, 11) is 0.